The smallest absolute Gasteiger partial charge is 0.394 e. The van der Waals surface area contributed by atoms with Crippen molar-refractivity contribution < 1.29 is 51.8 Å². The number of carbonyl (C=O) groups is 1. The molecule has 1 aliphatic rings. The van der Waals surface area contributed by atoms with E-state index in [2.05, 4.69) is 35.5 Å². The van der Waals surface area contributed by atoms with Gasteiger partial charge in [-0.1, -0.05) is 340 Å². The summed E-state index contributed by atoms with van der Waals surface area (Å²) in [5, 5.41) is 45.2. The number of hydrogen-bond acceptors (Lipinski definition) is 10. The quantitative estimate of drug-likeness (QED) is 0.0193. The number of carbonyl (C=O) groups excluding carboxylic acids is 1. The lowest BCUT2D eigenvalue weighted by Crippen LogP contribution is -2.61. The van der Waals surface area contributed by atoms with Crippen LogP contribution in [0.1, 0.15) is 367 Å². The first-order valence-electron chi connectivity index (χ1n) is 36.2. The molecule has 0 saturated carbocycles. The lowest BCUT2D eigenvalue weighted by atomic mass is 9.99. The number of allylic oxidation sites excluding steroid dienone is 3. The number of ether oxygens (including phenoxy) is 2. The molecule has 1 heterocycles. The molecule has 498 valence electrons. The van der Waals surface area contributed by atoms with Gasteiger partial charge in [0.05, 0.1) is 25.4 Å². The average molecular weight is 1210 g/mol. The molecule has 0 bridgehead atoms. The molecule has 0 aromatic carbocycles. The van der Waals surface area contributed by atoms with Gasteiger partial charge in [0.1, 0.15) is 24.4 Å². The fourth-order valence-corrected chi connectivity index (χ4v) is 12.4. The first-order chi connectivity index (χ1) is 41.0. The Morgan fingerprint density at radius 2 is 0.762 bits per heavy atom. The van der Waals surface area contributed by atoms with Gasteiger partial charge in [-0.15, -0.1) is 0 Å². The Balaban J connectivity index is 2.23. The Bertz CT molecular complexity index is 1570. The number of aliphatic hydroxyl groups is 4. The fourth-order valence-electron chi connectivity index (χ4n) is 11.9. The van der Waals surface area contributed by atoms with Crippen LogP contribution in [0.2, 0.25) is 0 Å². The van der Waals surface area contributed by atoms with Crippen molar-refractivity contribution in [3.63, 3.8) is 0 Å². The maximum Gasteiger partial charge on any atom is 0.397 e. The molecular formula is C71H137NO11S. The van der Waals surface area contributed by atoms with Crippen molar-refractivity contribution in [2.45, 2.75) is 410 Å². The van der Waals surface area contributed by atoms with E-state index < -0.39 is 59.9 Å². The third-order valence-corrected chi connectivity index (χ3v) is 17.9. The molecule has 0 aliphatic carbocycles. The molecular weight excluding hydrogens is 1070 g/mol. The molecule has 0 aromatic heterocycles. The van der Waals surface area contributed by atoms with Gasteiger partial charge >= 0.3 is 10.4 Å². The lowest BCUT2D eigenvalue weighted by Gasteiger charge is -2.41. The second-order valence-electron chi connectivity index (χ2n) is 25.5. The fraction of sp³-hybridized carbons (Fsp3) is 0.930. The highest BCUT2D eigenvalue weighted by atomic mass is 32.3. The summed E-state index contributed by atoms with van der Waals surface area (Å²) in [4.78, 5) is 13.2. The minimum absolute atomic E-state index is 0.254. The van der Waals surface area contributed by atoms with Gasteiger partial charge in [-0.25, -0.2) is 4.18 Å². The summed E-state index contributed by atoms with van der Waals surface area (Å²) >= 11 is 0. The van der Waals surface area contributed by atoms with Crippen LogP contribution < -0.4 is 5.32 Å². The topological polar surface area (TPSA) is 192 Å². The summed E-state index contributed by atoms with van der Waals surface area (Å²) in [7, 11) is -5.09. The molecule has 6 N–H and O–H groups in total. The standard InChI is InChI=1S/C71H137NO11S/c1-3-5-7-9-11-13-15-17-19-21-23-25-27-29-30-31-32-33-34-35-37-39-41-43-45-47-49-51-53-55-57-59-61-67(75)72-64(63-81-71-69(77)70(83-84(78,79)80)68(76)66(62-73)82-71)65(74)60-58-56-54-52-50-48-46-44-42-40-38-36-28-26-24-22-20-18-16-14-12-10-8-6-4-2/h29-30,58,60,64-66,68-71,73-74,76-77H,3-28,31-57,59,61-63H2,1-2H3,(H,72,75)(H,78,79,80)/b30-29-,60-58+. The zero-order valence-corrected chi connectivity index (χ0v) is 55.6. The van der Waals surface area contributed by atoms with Crippen molar-refractivity contribution in [3.8, 4) is 0 Å². The van der Waals surface area contributed by atoms with Crippen molar-refractivity contribution in [2.24, 2.45) is 0 Å². The van der Waals surface area contributed by atoms with Crippen LogP contribution in [-0.2, 0) is 28.9 Å². The number of rotatable bonds is 65. The largest absolute Gasteiger partial charge is 0.397 e. The van der Waals surface area contributed by atoms with Crippen molar-refractivity contribution in [2.75, 3.05) is 13.2 Å². The van der Waals surface area contributed by atoms with Crippen LogP contribution in [0, 0.1) is 0 Å². The number of amides is 1. The van der Waals surface area contributed by atoms with E-state index in [0.29, 0.717) is 6.42 Å². The van der Waals surface area contributed by atoms with Crippen molar-refractivity contribution in [1.29, 1.82) is 0 Å². The van der Waals surface area contributed by atoms with E-state index in [1.54, 1.807) is 6.08 Å². The zero-order chi connectivity index (χ0) is 61.1. The first kappa shape index (κ1) is 80.6. The molecule has 1 amide bonds. The predicted octanol–water partition coefficient (Wildman–Crippen LogP) is 19.1. The molecule has 1 aliphatic heterocycles. The van der Waals surface area contributed by atoms with E-state index >= 15 is 0 Å². The molecule has 1 saturated heterocycles. The number of unbranched alkanes of at least 4 members (excludes halogenated alkanes) is 51. The van der Waals surface area contributed by atoms with E-state index in [1.807, 2.05) is 6.08 Å². The van der Waals surface area contributed by atoms with E-state index in [9.17, 15) is 38.2 Å². The Morgan fingerprint density at radius 3 is 1.07 bits per heavy atom. The van der Waals surface area contributed by atoms with Crippen molar-refractivity contribution in [1.82, 2.24) is 5.32 Å². The van der Waals surface area contributed by atoms with Crippen LogP contribution in [-0.4, -0.2) is 95.4 Å². The molecule has 84 heavy (non-hydrogen) atoms. The van der Waals surface area contributed by atoms with Crippen molar-refractivity contribution in [3.05, 3.63) is 24.3 Å². The molecule has 0 radical (unpaired) electrons. The summed E-state index contributed by atoms with van der Waals surface area (Å²) < 4.78 is 48.1. The summed E-state index contributed by atoms with van der Waals surface area (Å²) in [6.45, 7) is 3.47. The maximum atomic E-state index is 13.2. The summed E-state index contributed by atoms with van der Waals surface area (Å²) in [6.07, 6.45) is 69.7. The highest BCUT2D eigenvalue weighted by Crippen LogP contribution is 2.26. The Labute approximate surface area is 518 Å². The molecule has 0 spiro atoms. The van der Waals surface area contributed by atoms with Gasteiger partial charge in [-0.2, -0.15) is 8.42 Å². The van der Waals surface area contributed by atoms with Crippen molar-refractivity contribution >= 4 is 16.3 Å². The normalized spacial score (nSPS) is 18.4. The molecule has 12 nitrogen and oxygen atoms in total. The van der Waals surface area contributed by atoms with E-state index in [-0.39, 0.29) is 18.9 Å². The maximum absolute atomic E-state index is 13.2. The highest BCUT2D eigenvalue weighted by Gasteiger charge is 2.48. The van der Waals surface area contributed by atoms with E-state index in [0.717, 1.165) is 38.5 Å². The van der Waals surface area contributed by atoms with Gasteiger partial charge in [0.15, 0.2) is 6.29 Å². The second kappa shape index (κ2) is 60.5. The van der Waals surface area contributed by atoms with Gasteiger partial charge in [0.2, 0.25) is 5.91 Å². The molecule has 1 rings (SSSR count). The van der Waals surface area contributed by atoms with Crippen LogP contribution in [0.25, 0.3) is 0 Å². The van der Waals surface area contributed by atoms with Gasteiger partial charge in [-0.05, 0) is 44.9 Å². The molecule has 7 atom stereocenters. The van der Waals surface area contributed by atoms with Gasteiger partial charge in [0.25, 0.3) is 0 Å². The Hall–Kier alpha value is -1.42. The SMILES string of the molecule is CCCCCCCCCCCCCC/C=C\CCCCCCCCCCCCCCCCCCC(=O)NC(COC1OC(CO)C(O)C(OS(=O)(=O)O)C1O)C(O)/C=C/CCCCCCCCCCCCCCCCCCCCCCCCC. The Kier molecular flexibility index (Phi) is 58.0. The summed E-state index contributed by atoms with van der Waals surface area (Å²) in [5.74, 6) is -0.254. The minimum atomic E-state index is -5.09. The molecule has 13 heteroatoms. The van der Waals surface area contributed by atoms with Crippen LogP contribution in [0.4, 0.5) is 0 Å². The van der Waals surface area contributed by atoms with Gasteiger partial charge < -0.3 is 35.2 Å². The minimum Gasteiger partial charge on any atom is -0.394 e. The zero-order valence-electron chi connectivity index (χ0n) is 54.7. The monoisotopic (exact) mass is 1210 g/mol. The second-order valence-corrected chi connectivity index (χ2v) is 26.6. The van der Waals surface area contributed by atoms with Gasteiger partial charge in [-0.3, -0.25) is 9.35 Å². The molecule has 7 unspecified atom stereocenters. The third-order valence-electron chi connectivity index (χ3n) is 17.5. The predicted molar refractivity (Wildman–Crippen MR) is 352 cm³/mol. The Morgan fingerprint density at radius 1 is 0.464 bits per heavy atom. The lowest BCUT2D eigenvalue weighted by molar-refractivity contribution is -0.298. The van der Waals surface area contributed by atoms with Crippen LogP contribution in [0.15, 0.2) is 24.3 Å². The van der Waals surface area contributed by atoms with Crippen LogP contribution in [0.5, 0.6) is 0 Å². The van der Waals surface area contributed by atoms with Crippen LogP contribution >= 0.6 is 0 Å². The van der Waals surface area contributed by atoms with E-state index in [4.69, 9.17) is 9.47 Å². The number of aliphatic hydroxyl groups excluding tert-OH is 4. The molecule has 1 fully saturated rings. The number of hydrogen-bond donors (Lipinski definition) is 6. The van der Waals surface area contributed by atoms with E-state index in [1.165, 1.54) is 302 Å². The summed E-state index contributed by atoms with van der Waals surface area (Å²) in [6, 6.07) is -0.944. The van der Waals surface area contributed by atoms with Gasteiger partial charge in [0, 0.05) is 6.42 Å². The first-order valence-corrected chi connectivity index (χ1v) is 37.6. The highest BCUT2D eigenvalue weighted by molar-refractivity contribution is 7.80. The third kappa shape index (κ3) is 51.5. The average Bonchev–Trinajstić information content (AvgIpc) is 3.68. The summed E-state index contributed by atoms with van der Waals surface area (Å²) in [5.41, 5.74) is 0. The number of nitrogens with one attached hydrogen (secondary N) is 1. The van der Waals surface area contributed by atoms with Crippen LogP contribution in [0.3, 0.4) is 0 Å². The molecule has 0 aromatic rings.